The Morgan fingerprint density at radius 2 is 2.08 bits per heavy atom. The fourth-order valence-corrected chi connectivity index (χ4v) is 2.14. The standard InChI is InChI=1S/C10H20OS/c1-7(2)8-4-5-10(3,12)9(11)6-8/h7-9,11-12H,4-6H2,1-3H3/t8?,9-,10-/m1/s1. The van der Waals surface area contributed by atoms with Gasteiger partial charge in [0, 0.05) is 4.75 Å². The van der Waals surface area contributed by atoms with Gasteiger partial charge in [-0.05, 0) is 38.0 Å². The van der Waals surface area contributed by atoms with Crippen LogP contribution in [0, 0.1) is 11.8 Å². The third-order valence-electron chi connectivity index (χ3n) is 3.21. The monoisotopic (exact) mass is 188 g/mol. The van der Waals surface area contributed by atoms with Gasteiger partial charge in [-0.15, -0.1) is 0 Å². The van der Waals surface area contributed by atoms with Gasteiger partial charge in [0.1, 0.15) is 0 Å². The summed E-state index contributed by atoms with van der Waals surface area (Å²) in [5.41, 5.74) is 0. The predicted molar refractivity (Wildman–Crippen MR) is 55.6 cm³/mol. The normalized spacial score (nSPS) is 43.5. The average molecular weight is 188 g/mol. The molecule has 1 N–H and O–H groups in total. The van der Waals surface area contributed by atoms with Crippen LogP contribution in [0.1, 0.15) is 40.0 Å². The number of rotatable bonds is 1. The molecule has 1 rings (SSSR count). The predicted octanol–water partition coefficient (Wildman–Crippen LogP) is 2.49. The Morgan fingerprint density at radius 1 is 1.50 bits per heavy atom. The zero-order valence-electron chi connectivity index (χ0n) is 8.25. The highest BCUT2D eigenvalue weighted by Gasteiger charge is 2.36. The second kappa shape index (κ2) is 3.59. The van der Waals surface area contributed by atoms with E-state index in [-0.39, 0.29) is 10.9 Å². The average Bonchev–Trinajstić information content (AvgIpc) is 1.94. The zero-order valence-corrected chi connectivity index (χ0v) is 9.14. The smallest absolute Gasteiger partial charge is 0.0684 e. The molecule has 0 heterocycles. The number of aliphatic hydroxyl groups is 1. The summed E-state index contributed by atoms with van der Waals surface area (Å²) in [5.74, 6) is 1.39. The van der Waals surface area contributed by atoms with Gasteiger partial charge in [-0.3, -0.25) is 0 Å². The van der Waals surface area contributed by atoms with Crippen molar-refractivity contribution in [3.05, 3.63) is 0 Å². The first-order chi connectivity index (χ1) is 5.43. The first-order valence-electron chi connectivity index (χ1n) is 4.84. The highest BCUT2D eigenvalue weighted by Crippen LogP contribution is 2.39. The number of aliphatic hydroxyl groups excluding tert-OH is 1. The van der Waals surface area contributed by atoms with Crippen LogP contribution in [0.5, 0.6) is 0 Å². The Morgan fingerprint density at radius 3 is 2.50 bits per heavy atom. The van der Waals surface area contributed by atoms with Crippen LogP contribution in [0.25, 0.3) is 0 Å². The lowest BCUT2D eigenvalue weighted by Crippen LogP contribution is -2.41. The molecular weight excluding hydrogens is 168 g/mol. The summed E-state index contributed by atoms with van der Waals surface area (Å²) < 4.78 is -0.147. The molecule has 0 radical (unpaired) electrons. The SMILES string of the molecule is CC(C)C1CC[C@@](C)(S)[C@H](O)C1. The topological polar surface area (TPSA) is 20.2 Å². The van der Waals surface area contributed by atoms with Crippen molar-refractivity contribution in [1.29, 1.82) is 0 Å². The number of hydrogen-bond acceptors (Lipinski definition) is 2. The van der Waals surface area contributed by atoms with Crippen LogP contribution in [0.3, 0.4) is 0 Å². The molecule has 0 aromatic carbocycles. The molecule has 1 aliphatic carbocycles. The molecule has 12 heavy (non-hydrogen) atoms. The third kappa shape index (κ3) is 2.17. The second-order valence-electron chi connectivity index (χ2n) is 4.65. The van der Waals surface area contributed by atoms with Crippen LogP contribution < -0.4 is 0 Å². The summed E-state index contributed by atoms with van der Waals surface area (Å²) >= 11 is 4.47. The van der Waals surface area contributed by atoms with E-state index in [1.54, 1.807) is 0 Å². The van der Waals surface area contributed by atoms with Gasteiger partial charge in [0.05, 0.1) is 6.10 Å². The molecule has 0 saturated heterocycles. The van der Waals surface area contributed by atoms with Crippen molar-refractivity contribution >= 4 is 12.6 Å². The van der Waals surface area contributed by atoms with E-state index in [1.165, 1.54) is 6.42 Å². The second-order valence-corrected chi connectivity index (χ2v) is 5.67. The third-order valence-corrected chi connectivity index (χ3v) is 3.73. The lowest BCUT2D eigenvalue weighted by Gasteiger charge is -2.39. The van der Waals surface area contributed by atoms with E-state index in [1.807, 2.05) is 6.92 Å². The van der Waals surface area contributed by atoms with Gasteiger partial charge in [0.25, 0.3) is 0 Å². The Balaban J connectivity index is 2.52. The highest BCUT2D eigenvalue weighted by molar-refractivity contribution is 7.81. The van der Waals surface area contributed by atoms with Gasteiger partial charge in [-0.1, -0.05) is 13.8 Å². The molecule has 2 heteroatoms. The van der Waals surface area contributed by atoms with E-state index >= 15 is 0 Å². The summed E-state index contributed by atoms with van der Waals surface area (Å²) in [6.07, 6.45) is 2.97. The van der Waals surface area contributed by atoms with Gasteiger partial charge in [-0.2, -0.15) is 12.6 Å². The van der Waals surface area contributed by atoms with Crippen LogP contribution >= 0.6 is 12.6 Å². The molecule has 3 atom stereocenters. The molecule has 72 valence electrons. The fraction of sp³-hybridized carbons (Fsp3) is 1.00. The largest absolute Gasteiger partial charge is 0.392 e. The van der Waals surface area contributed by atoms with Crippen LogP contribution in [-0.4, -0.2) is 16.0 Å². The Labute approximate surface area is 81.0 Å². The minimum Gasteiger partial charge on any atom is -0.392 e. The van der Waals surface area contributed by atoms with E-state index in [0.29, 0.717) is 11.8 Å². The molecule has 1 nitrogen and oxygen atoms in total. The molecule has 0 aromatic rings. The maximum atomic E-state index is 9.78. The minimum absolute atomic E-state index is 0.147. The quantitative estimate of drug-likeness (QED) is 0.606. The summed E-state index contributed by atoms with van der Waals surface area (Å²) in [6.45, 7) is 6.51. The molecule has 0 amide bonds. The summed E-state index contributed by atoms with van der Waals surface area (Å²) in [6, 6.07) is 0. The summed E-state index contributed by atoms with van der Waals surface area (Å²) in [5, 5.41) is 9.78. The number of hydrogen-bond donors (Lipinski definition) is 2. The number of thiol groups is 1. The molecule has 1 aliphatic rings. The first-order valence-corrected chi connectivity index (χ1v) is 5.28. The van der Waals surface area contributed by atoms with Crippen molar-refractivity contribution in [2.24, 2.45) is 11.8 Å². The minimum atomic E-state index is -0.220. The van der Waals surface area contributed by atoms with Gasteiger partial charge in [0.15, 0.2) is 0 Å². The summed E-state index contributed by atoms with van der Waals surface area (Å²) in [7, 11) is 0. The van der Waals surface area contributed by atoms with Crippen molar-refractivity contribution < 1.29 is 5.11 Å². The Bertz CT molecular complexity index is 154. The Kier molecular flexibility index (Phi) is 3.11. The highest BCUT2D eigenvalue weighted by atomic mass is 32.1. The molecule has 0 aliphatic heterocycles. The molecule has 1 unspecified atom stereocenters. The first kappa shape index (κ1) is 10.4. The van der Waals surface area contributed by atoms with E-state index in [4.69, 9.17) is 0 Å². The van der Waals surface area contributed by atoms with E-state index in [0.717, 1.165) is 12.8 Å². The van der Waals surface area contributed by atoms with Crippen LogP contribution in [0.15, 0.2) is 0 Å². The van der Waals surface area contributed by atoms with Gasteiger partial charge in [0.2, 0.25) is 0 Å². The van der Waals surface area contributed by atoms with Crippen LogP contribution in [0.2, 0.25) is 0 Å². The van der Waals surface area contributed by atoms with Crippen LogP contribution in [0.4, 0.5) is 0 Å². The maximum absolute atomic E-state index is 9.78. The molecule has 0 aromatic heterocycles. The van der Waals surface area contributed by atoms with Crippen molar-refractivity contribution in [3.8, 4) is 0 Å². The lowest BCUT2D eigenvalue weighted by atomic mass is 9.75. The van der Waals surface area contributed by atoms with Crippen molar-refractivity contribution in [2.45, 2.75) is 50.9 Å². The van der Waals surface area contributed by atoms with Crippen LogP contribution in [-0.2, 0) is 0 Å². The maximum Gasteiger partial charge on any atom is 0.0684 e. The fourth-order valence-electron chi connectivity index (χ4n) is 1.91. The summed E-state index contributed by atoms with van der Waals surface area (Å²) in [4.78, 5) is 0. The van der Waals surface area contributed by atoms with E-state index < -0.39 is 0 Å². The molecule has 0 bridgehead atoms. The van der Waals surface area contributed by atoms with E-state index in [2.05, 4.69) is 26.5 Å². The lowest BCUT2D eigenvalue weighted by molar-refractivity contribution is 0.0588. The molecule has 1 fully saturated rings. The zero-order chi connectivity index (χ0) is 9.35. The van der Waals surface area contributed by atoms with Gasteiger partial charge < -0.3 is 5.11 Å². The van der Waals surface area contributed by atoms with Gasteiger partial charge >= 0.3 is 0 Å². The van der Waals surface area contributed by atoms with Gasteiger partial charge in [-0.25, -0.2) is 0 Å². The Hall–Kier alpha value is 0.310. The molecule has 0 spiro atoms. The van der Waals surface area contributed by atoms with Crippen molar-refractivity contribution in [3.63, 3.8) is 0 Å². The van der Waals surface area contributed by atoms with Crippen molar-refractivity contribution in [2.75, 3.05) is 0 Å². The van der Waals surface area contributed by atoms with E-state index in [9.17, 15) is 5.11 Å². The molecule has 1 saturated carbocycles. The van der Waals surface area contributed by atoms with Crippen molar-refractivity contribution in [1.82, 2.24) is 0 Å². The molecular formula is C10H20OS.